The van der Waals surface area contributed by atoms with E-state index in [1.54, 1.807) is 11.0 Å². The largest absolute Gasteiger partial charge is 0.486 e. The fourth-order valence-electron chi connectivity index (χ4n) is 5.50. The van der Waals surface area contributed by atoms with Crippen LogP contribution in [-0.2, 0) is 11.8 Å². The summed E-state index contributed by atoms with van der Waals surface area (Å²) < 4.78 is 7.95. The SMILES string of the molecule is CN1CC2CC2(C(=O)Nc2nc3c(-c4cn(C)nc4-c4ccccc4)ncnc3cc2OC2CC2)C1. The molecule has 3 fully saturated rings. The highest BCUT2D eigenvalue weighted by Crippen LogP contribution is 2.58. The lowest BCUT2D eigenvalue weighted by Crippen LogP contribution is -2.31. The van der Waals surface area contributed by atoms with E-state index in [-0.39, 0.29) is 17.4 Å². The molecular formula is C27H27N7O2. The number of carbonyl (C=O) groups excluding carboxylic acids is 1. The lowest BCUT2D eigenvalue weighted by Gasteiger charge is -2.18. The number of amides is 1. The molecule has 1 saturated heterocycles. The third kappa shape index (κ3) is 3.53. The maximum atomic E-state index is 13.4. The van der Waals surface area contributed by atoms with Crippen LogP contribution in [0.4, 0.5) is 5.82 Å². The smallest absolute Gasteiger partial charge is 0.233 e. The van der Waals surface area contributed by atoms with Gasteiger partial charge < -0.3 is 15.0 Å². The van der Waals surface area contributed by atoms with Crippen LogP contribution in [0.1, 0.15) is 19.3 Å². The average molecular weight is 482 g/mol. The fourth-order valence-corrected chi connectivity index (χ4v) is 5.50. The second-order valence-corrected chi connectivity index (χ2v) is 10.4. The van der Waals surface area contributed by atoms with Gasteiger partial charge in [0.1, 0.15) is 23.2 Å². The van der Waals surface area contributed by atoms with Crippen LogP contribution in [0.15, 0.2) is 48.9 Å². The molecule has 0 spiro atoms. The van der Waals surface area contributed by atoms with Crippen molar-refractivity contribution in [3.05, 3.63) is 48.9 Å². The Hall–Kier alpha value is -3.85. The third-order valence-corrected chi connectivity index (χ3v) is 7.52. The third-order valence-electron chi connectivity index (χ3n) is 7.52. The minimum atomic E-state index is -0.317. The monoisotopic (exact) mass is 481 g/mol. The van der Waals surface area contributed by atoms with Gasteiger partial charge in [0.2, 0.25) is 5.91 Å². The van der Waals surface area contributed by atoms with Crippen molar-refractivity contribution in [2.45, 2.75) is 25.4 Å². The fraction of sp³-hybridized carbons (Fsp3) is 0.370. The summed E-state index contributed by atoms with van der Waals surface area (Å²) in [5.41, 5.74) is 4.29. The van der Waals surface area contributed by atoms with Crippen LogP contribution >= 0.6 is 0 Å². The first kappa shape index (κ1) is 21.4. The molecule has 1 N–H and O–H groups in total. The van der Waals surface area contributed by atoms with Crippen molar-refractivity contribution >= 4 is 22.8 Å². The number of hydrogen-bond donors (Lipinski definition) is 1. The number of carbonyl (C=O) groups is 1. The Kier molecular flexibility index (Phi) is 4.66. The molecule has 4 aromatic rings. The predicted molar refractivity (Wildman–Crippen MR) is 135 cm³/mol. The maximum absolute atomic E-state index is 13.4. The number of fused-ring (bicyclic) bond motifs is 2. The van der Waals surface area contributed by atoms with Crippen LogP contribution < -0.4 is 10.1 Å². The molecule has 3 aromatic heterocycles. The summed E-state index contributed by atoms with van der Waals surface area (Å²) in [7, 11) is 3.96. The summed E-state index contributed by atoms with van der Waals surface area (Å²) in [6, 6.07) is 11.9. The van der Waals surface area contributed by atoms with Crippen molar-refractivity contribution in [3.8, 4) is 28.3 Å². The molecule has 36 heavy (non-hydrogen) atoms. The first-order chi connectivity index (χ1) is 17.5. The van der Waals surface area contributed by atoms with Crippen LogP contribution in [0.5, 0.6) is 5.75 Å². The van der Waals surface area contributed by atoms with Crippen molar-refractivity contribution in [3.63, 3.8) is 0 Å². The van der Waals surface area contributed by atoms with Crippen LogP contribution in [0.25, 0.3) is 33.5 Å². The molecule has 0 bridgehead atoms. The number of aryl methyl sites for hydroxylation is 1. The van der Waals surface area contributed by atoms with E-state index in [2.05, 4.69) is 27.2 Å². The summed E-state index contributed by atoms with van der Waals surface area (Å²) in [5, 5.41) is 7.84. The highest BCUT2D eigenvalue weighted by molar-refractivity contribution is 6.01. The Morgan fingerprint density at radius 1 is 1.14 bits per heavy atom. The van der Waals surface area contributed by atoms with Crippen molar-refractivity contribution in [2.24, 2.45) is 18.4 Å². The van der Waals surface area contributed by atoms with Crippen molar-refractivity contribution in [1.29, 1.82) is 0 Å². The van der Waals surface area contributed by atoms with Crippen LogP contribution in [0.2, 0.25) is 0 Å². The minimum absolute atomic E-state index is 0.0223. The van der Waals surface area contributed by atoms with E-state index in [0.717, 1.165) is 49.2 Å². The predicted octanol–water partition coefficient (Wildman–Crippen LogP) is 3.52. The molecule has 9 heteroatoms. The summed E-state index contributed by atoms with van der Waals surface area (Å²) in [5.74, 6) is 1.44. The van der Waals surface area contributed by atoms with Crippen LogP contribution in [0, 0.1) is 11.3 Å². The number of nitrogens with zero attached hydrogens (tertiary/aromatic N) is 6. The molecule has 2 saturated carbocycles. The molecule has 9 nitrogen and oxygen atoms in total. The standard InChI is InChI=1S/C27H27N7O2/c1-33-12-17-11-27(17,14-33)26(35)31-25-21(36-18-8-9-18)10-20-24(30-25)23(29-15-28-20)19-13-34(2)32-22(19)16-6-4-3-5-7-16/h3-7,10,13,15,17-18H,8-9,11-12,14H2,1-2H3,(H,30,31,35). The van der Waals surface area contributed by atoms with Crippen LogP contribution in [-0.4, -0.2) is 61.8 Å². The van der Waals surface area contributed by atoms with Gasteiger partial charge >= 0.3 is 0 Å². The minimum Gasteiger partial charge on any atom is -0.486 e. The van der Waals surface area contributed by atoms with Crippen LogP contribution in [0.3, 0.4) is 0 Å². The van der Waals surface area contributed by atoms with E-state index in [9.17, 15) is 4.79 Å². The number of likely N-dealkylation sites (tertiary alicyclic amines) is 1. The van der Waals surface area contributed by atoms with Crippen molar-refractivity contribution < 1.29 is 9.53 Å². The zero-order chi connectivity index (χ0) is 24.4. The second kappa shape index (κ2) is 7.83. The number of ether oxygens (including phenoxy) is 1. The van der Waals surface area contributed by atoms with E-state index in [0.29, 0.717) is 34.2 Å². The molecule has 7 rings (SSSR count). The molecule has 0 radical (unpaired) electrons. The van der Waals surface area contributed by atoms with E-state index in [1.165, 1.54) is 0 Å². The van der Waals surface area contributed by atoms with Gasteiger partial charge in [0.15, 0.2) is 11.6 Å². The van der Waals surface area contributed by atoms with Gasteiger partial charge in [-0.25, -0.2) is 15.0 Å². The molecular weight excluding hydrogens is 454 g/mol. The molecule has 3 aliphatic rings. The van der Waals surface area contributed by atoms with Gasteiger partial charge in [-0.1, -0.05) is 30.3 Å². The van der Waals surface area contributed by atoms with Gasteiger partial charge in [-0.3, -0.25) is 9.48 Å². The quantitative estimate of drug-likeness (QED) is 0.450. The maximum Gasteiger partial charge on any atom is 0.233 e. The normalized spacial score (nSPS) is 23.0. The Bertz CT molecular complexity index is 1500. The first-order valence-electron chi connectivity index (χ1n) is 12.4. The topological polar surface area (TPSA) is 98.1 Å². The number of rotatable bonds is 6. The highest BCUT2D eigenvalue weighted by atomic mass is 16.5. The number of piperidine rings is 1. The number of hydrogen-bond acceptors (Lipinski definition) is 7. The van der Waals surface area contributed by atoms with E-state index < -0.39 is 0 Å². The Labute approximate surface area is 208 Å². The molecule has 1 amide bonds. The van der Waals surface area contributed by atoms with Crippen molar-refractivity contribution in [1.82, 2.24) is 29.6 Å². The molecule has 1 aliphatic heterocycles. The summed E-state index contributed by atoms with van der Waals surface area (Å²) in [4.78, 5) is 29.7. The molecule has 4 heterocycles. The number of benzene rings is 1. The Balaban J connectivity index is 1.34. The first-order valence-corrected chi connectivity index (χ1v) is 12.4. The molecule has 1 aromatic carbocycles. The summed E-state index contributed by atoms with van der Waals surface area (Å²) in [6.07, 6.45) is 6.60. The van der Waals surface area contributed by atoms with E-state index in [1.807, 2.05) is 49.6 Å². The zero-order valence-corrected chi connectivity index (χ0v) is 20.3. The highest BCUT2D eigenvalue weighted by Gasteiger charge is 2.64. The van der Waals surface area contributed by atoms with Crippen molar-refractivity contribution in [2.75, 3.05) is 25.5 Å². The average Bonchev–Trinajstić information content (AvgIpc) is 3.75. The number of aromatic nitrogens is 5. The molecule has 2 unspecified atom stereocenters. The summed E-state index contributed by atoms with van der Waals surface area (Å²) in [6.45, 7) is 1.74. The van der Waals surface area contributed by atoms with Gasteiger partial charge in [0.25, 0.3) is 0 Å². The lowest BCUT2D eigenvalue weighted by atomic mass is 10.0. The van der Waals surface area contributed by atoms with Gasteiger partial charge in [0, 0.05) is 43.5 Å². The van der Waals surface area contributed by atoms with E-state index in [4.69, 9.17) is 14.8 Å². The second-order valence-electron chi connectivity index (χ2n) is 10.4. The number of pyridine rings is 1. The van der Waals surface area contributed by atoms with Gasteiger partial charge in [0.05, 0.1) is 17.0 Å². The lowest BCUT2D eigenvalue weighted by molar-refractivity contribution is -0.121. The zero-order valence-electron chi connectivity index (χ0n) is 20.3. The summed E-state index contributed by atoms with van der Waals surface area (Å²) >= 11 is 0. The molecule has 2 aliphatic carbocycles. The Morgan fingerprint density at radius 3 is 2.72 bits per heavy atom. The number of nitrogens with one attached hydrogen (secondary N) is 1. The number of anilines is 1. The molecule has 182 valence electrons. The van der Waals surface area contributed by atoms with Gasteiger partial charge in [-0.05, 0) is 32.2 Å². The van der Waals surface area contributed by atoms with Gasteiger partial charge in [-0.2, -0.15) is 5.10 Å². The Morgan fingerprint density at radius 2 is 1.97 bits per heavy atom. The van der Waals surface area contributed by atoms with E-state index >= 15 is 0 Å². The van der Waals surface area contributed by atoms with Gasteiger partial charge in [-0.15, -0.1) is 0 Å². The molecule has 2 atom stereocenters.